The number of benzene rings is 2. The lowest BCUT2D eigenvalue weighted by Gasteiger charge is -2.15. The van der Waals surface area contributed by atoms with Gasteiger partial charge < -0.3 is 14.8 Å². The van der Waals surface area contributed by atoms with Crippen molar-refractivity contribution in [2.24, 2.45) is 0 Å². The van der Waals surface area contributed by atoms with Crippen molar-refractivity contribution < 1.29 is 14.3 Å². The molecule has 1 aliphatic rings. The van der Waals surface area contributed by atoms with Crippen LogP contribution in [0.5, 0.6) is 5.75 Å². The van der Waals surface area contributed by atoms with Gasteiger partial charge in [-0.1, -0.05) is 23.4 Å². The first-order valence-corrected chi connectivity index (χ1v) is 11.7. The summed E-state index contributed by atoms with van der Waals surface area (Å²) in [5.41, 5.74) is 1.80. The number of hydrogen-bond acceptors (Lipinski definition) is 7. The molecule has 2 heterocycles. The summed E-state index contributed by atoms with van der Waals surface area (Å²) >= 11 is 7.35. The van der Waals surface area contributed by atoms with E-state index in [-0.39, 0.29) is 17.8 Å². The average Bonchev–Trinajstić information content (AvgIpc) is 3.48. The van der Waals surface area contributed by atoms with Crippen molar-refractivity contribution in [3.05, 3.63) is 53.1 Å². The summed E-state index contributed by atoms with van der Waals surface area (Å²) in [4.78, 5) is 12.5. The van der Waals surface area contributed by atoms with E-state index in [1.54, 1.807) is 25.3 Å². The van der Waals surface area contributed by atoms with Gasteiger partial charge in [0.2, 0.25) is 5.91 Å². The van der Waals surface area contributed by atoms with E-state index in [1.165, 1.54) is 11.8 Å². The maximum absolute atomic E-state index is 12.5. The molecule has 1 unspecified atom stereocenters. The number of methoxy groups -OCH3 is 1. The number of thioether (sulfide) groups is 1. The van der Waals surface area contributed by atoms with Crippen molar-refractivity contribution in [1.29, 1.82) is 5.26 Å². The second-order valence-corrected chi connectivity index (χ2v) is 8.77. The monoisotopic (exact) mass is 483 g/mol. The van der Waals surface area contributed by atoms with Gasteiger partial charge in [0.05, 0.1) is 36.1 Å². The van der Waals surface area contributed by atoms with Gasteiger partial charge in [0.15, 0.2) is 11.0 Å². The van der Waals surface area contributed by atoms with E-state index in [4.69, 9.17) is 26.3 Å². The van der Waals surface area contributed by atoms with Crippen molar-refractivity contribution in [3.63, 3.8) is 0 Å². The highest BCUT2D eigenvalue weighted by molar-refractivity contribution is 7.99. The van der Waals surface area contributed by atoms with Crippen molar-refractivity contribution in [2.75, 3.05) is 24.8 Å². The van der Waals surface area contributed by atoms with Crippen LogP contribution in [0, 0.1) is 11.3 Å². The van der Waals surface area contributed by atoms with Crippen LogP contribution in [-0.2, 0) is 16.1 Å². The highest BCUT2D eigenvalue weighted by Gasteiger charge is 2.22. The maximum atomic E-state index is 12.5. The minimum atomic E-state index is -0.210. The number of hydrogen-bond donors (Lipinski definition) is 1. The molecule has 1 aliphatic heterocycles. The average molecular weight is 484 g/mol. The molecule has 4 rings (SSSR count). The van der Waals surface area contributed by atoms with Crippen molar-refractivity contribution in [1.82, 2.24) is 14.8 Å². The third kappa shape index (κ3) is 5.66. The lowest BCUT2D eigenvalue weighted by atomic mass is 10.2. The lowest BCUT2D eigenvalue weighted by Crippen LogP contribution is -2.18. The fourth-order valence-corrected chi connectivity index (χ4v) is 4.49. The number of anilines is 1. The maximum Gasteiger partial charge on any atom is 0.234 e. The Morgan fingerprint density at radius 2 is 2.15 bits per heavy atom. The van der Waals surface area contributed by atoms with Gasteiger partial charge in [0.1, 0.15) is 11.8 Å². The van der Waals surface area contributed by atoms with E-state index in [1.807, 2.05) is 34.9 Å². The molecule has 2 aromatic carbocycles. The summed E-state index contributed by atoms with van der Waals surface area (Å²) in [5.74, 6) is 1.41. The first-order valence-electron chi connectivity index (χ1n) is 10.4. The van der Waals surface area contributed by atoms with E-state index < -0.39 is 0 Å². The summed E-state index contributed by atoms with van der Waals surface area (Å²) in [5, 5.41) is 21.5. The number of carbonyl (C=O) groups is 1. The van der Waals surface area contributed by atoms with Gasteiger partial charge in [-0.25, -0.2) is 0 Å². The predicted molar refractivity (Wildman–Crippen MR) is 127 cm³/mol. The van der Waals surface area contributed by atoms with Crippen LogP contribution in [0.25, 0.3) is 11.4 Å². The summed E-state index contributed by atoms with van der Waals surface area (Å²) < 4.78 is 13.1. The molecule has 1 atom stereocenters. The van der Waals surface area contributed by atoms with Crippen LogP contribution in [-0.4, -0.2) is 46.2 Å². The molecule has 3 aromatic rings. The Morgan fingerprint density at radius 3 is 2.82 bits per heavy atom. The number of amides is 1. The molecule has 1 N–H and O–H groups in total. The Bertz CT molecular complexity index is 1170. The van der Waals surface area contributed by atoms with E-state index in [2.05, 4.69) is 15.5 Å². The Kier molecular flexibility index (Phi) is 7.50. The number of nitrogens with one attached hydrogen (secondary N) is 1. The Balaban J connectivity index is 1.49. The standard InChI is InChI=1S/C23H22ClN5O3S/c1-31-18-8-5-15(6-9-18)22-27-28-23(29(22)13-19-3-2-10-32-19)33-14-21(30)26-17-7-4-16(12-25)20(24)11-17/h4-9,11,19H,2-3,10,13-14H2,1H3,(H,26,30). The number of aromatic nitrogens is 3. The van der Waals surface area contributed by atoms with Crippen LogP contribution in [0.15, 0.2) is 47.6 Å². The fourth-order valence-electron chi connectivity index (χ4n) is 3.52. The van der Waals surface area contributed by atoms with Gasteiger partial charge in [-0.2, -0.15) is 5.26 Å². The van der Waals surface area contributed by atoms with Gasteiger partial charge in [-0.05, 0) is 55.3 Å². The van der Waals surface area contributed by atoms with Crippen LogP contribution >= 0.6 is 23.4 Å². The van der Waals surface area contributed by atoms with Crippen molar-refractivity contribution in [2.45, 2.75) is 30.6 Å². The predicted octanol–water partition coefficient (Wildman–Crippen LogP) is 4.39. The topological polar surface area (TPSA) is 102 Å². The molecule has 1 saturated heterocycles. The Morgan fingerprint density at radius 1 is 1.33 bits per heavy atom. The molecule has 8 nitrogen and oxygen atoms in total. The molecule has 170 valence electrons. The Labute approximate surface area is 200 Å². The molecule has 10 heteroatoms. The summed E-state index contributed by atoms with van der Waals surface area (Å²) in [7, 11) is 1.63. The number of rotatable bonds is 8. The molecule has 0 bridgehead atoms. The van der Waals surface area contributed by atoms with Gasteiger partial charge in [0.25, 0.3) is 0 Å². The van der Waals surface area contributed by atoms with Crippen LogP contribution in [0.1, 0.15) is 18.4 Å². The van der Waals surface area contributed by atoms with Crippen molar-refractivity contribution >= 4 is 35.0 Å². The molecule has 0 saturated carbocycles. The quantitative estimate of drug-likeness (QED) is 0.474. The summed E-state index contributed by atoms with van der Waals surface area (Å²) in [6, 6.07) is 14.4. The van der Waals surface area contributed by atoms with Crippen molar-refractivity contribution in [3.8, 4) is 23.2 Å². The highest BCUT2D eigenvalue weighted by Crippen LogP contribution is 2.28. The molecule has 1 fully saturated rings. The Hall–Kier alpha value is -3.06. The van der Waals surface area contributed by atoms with E-state index >= 15 is 0 Å². The van der Waals surface area contributed by atoms with Gasteiger partial charge >= 0.3 is 0 Å². The first kappa shape index (κ1) is 23.1. The molecule has 0 radical (unpaired) electrons. The third-order valence-corrected chi connectivity index (χ3v) is 6.46. The number of halogens is 1. The third-order valence-electron chi connectivity index (χ3n) is 5.18. The second-order valence-electron chi connectivity index (χ2n) is 7.42. The summed E-state index contributed by atoms with van der Waals surface area (Å²) in [6.07, 6.45) is 2.10. The molecule has 0 spiro atoms. The smallest absolute Gasteiger partial charge is 0.234 e. The molecule has 33 heavy (non-hydrogen) atoms. The highest BCUT2D eigenvalue weighted by atomic mass is 35.5. The molecule has 1 amide bonds. The molecule has 0 aliphatic carbocycles. The van der Waals surface area contributed by atoms with Crippen LogP contribution in [0.2, 0.25) is 5.02 Å². The minimum absolute atomic E-state index is 0.0898. The number of nitriles is 1. The molecular formula is C23H22ClN5O3S. The van der Waals surface area contributed by atoms with Crippen LogP contribution in [0.3, 0.4) is 0 Å². The minimum Gasteiger partial charge on any atom is -0.497 e. The number of nitrogens with zero attached hydrogens (tertiary/aromatic N) is 4. The zero-order chi connectivity index (χ0) is 23.2. The largest absolute Gasteiger partial charge is 0.497 e. The zero-order valence-corrected chi connectivity index (χ0v) is 19.5. The van der Waals surface area contributed by atoms with Crippen LogP contribution in [0.4, 0.5) is 5.69 Å². The number of carbonyl (C=O) groups excluding carboxylic acids is 1. The van der Waals surface area contributed by atoms with Crippen LogP contribution < -0.4 is 10.1 Å². The second kappa shape index (κ2) is 10.7. The van der Waals surface area contributed by atoms with Gasteiger partial charge in [0, 0.05) is 17.9 Å². The first-order chi connectivity index (χ1) is 16.1. The molecular weight excluding hydrogens is 462 g/mol. The van der Waals surface area contributed by atoms with E-state index in [0.29, 0.717) is 28.0 Å². The van der Waals surface area contributed by atoms with Gasteiger partial charge in [-0.3, -0.25) is 9.36 Å². The normalized spacial score (nSPS) is 15.2. The lowest BCUT2D eigenvalue weighted by molar-refractivity contribution is -0.113. The van der Waals surface area contributed by atoms with E-state index in [0.717, 1.165) is 36.6 Å². The van der Waals surface area contributed by atoms with Gasteiger partial charge in [-0.15, -0.1) is 10.2 Å². The zero-order valence-electron chi connectivity index (χ0n) is 18.0. The fraction of sp³-hybridized carbons (Fsp3) is 0.304. The summed E-state index contributed by atoms with van der Waals surface area (Å²) in [6.45, 7) is 1.37. The molecule has 1 aromatic heterocycles. The number of ether oxygens (including phenoxy) is 2. The SMILES string of the molecule is COc1ccc(-c2nnc(SCC(=O)Nc3ccc(C#N)c(Cl)c3)n2CC2CCCO2)cc1. The van der Waals surface area contributed by atoms with E-state index in [9.17, 15) is 4.79 Å².